The van der Waals surface area contributed by atoms with Gasteiger partial charge in [-0.05, 0) is 60.4 Å². The summed E-state index contributed by atoms with van der Waals surface area (Å²) in [5, 5.41) is 0. The third-order valence-corrected chi connectivity index (χ3v) is 4.64. The first-order valence-corrected chi connectivity index (χ1v) is 9.21. The van der Waals surface area contributed by atoms with Gasteiger partial charge in [0.2, 0.25) is 0 Å². The highest BCUT2D eigenvalue weighted by Gasteiger charge is 2.07. The van der Waals surface area contributed by atoms with Crippen molar-refractivity contribution < 1.29 is 14.3 Å². The Morgan fingerprint density at radius 3 is 2.39 bits per heavy atom. The third-order valence-electron chi connectivity index (χ3n) is 4.64. The van der Waals surface area contributed by atoms with Crippen LogP contribution >= 0.6 is 0 Å². The lowest BCUT2D eigenvalue weighted by Crippen LogP contribution is -1.98. The summed E-state index contributed by atoms with van der Waals surface area (Å²) in [6, 6.07) is 21.4. The zero-order chi connectivity index (χ0) is 19.9. The minimum Gasteiger partial charge on any atom is -0.493 e. The van der Waals surface area contributed by atoms with Crippen molar-refractivity contribution in [2.75, 3.05) is 7.11 Å². The third kappa shape index (κ3) is 4.89. The van der Waals surface area contributed by atoms with Crippen molar-refractivity contribution in [3.8, 4) is 11.5 Å². The molecule has 0 amide bonds. The fraction of sp³-hybridized carbons (Fsp3) is 0.160. The summed E-state index contributed by atoms with van der Waals surface area (Å²) in [6.45, 7) is 4.51. The van der Waals surface area contributed by atoms with Gasteiger partial charge < -0.3 is 9.47 Å². The van der Waals surface area contributed by atoms with Crippen LogP contribution < -0.4 is 9.47 Å². The van der Waals surface area contributed by atoms with E-state index in [9.17, 15) is 4.79 Å². The summed E-state index contributed by atoms with van der Waals surface area (Å²) in [5.41, 5.74) is 4.94. The summed E-state index contributed by atoms with van der Waals surface area (Å²) in [7, 11) is 1.61. The van der Waals surface area contributed by atoms with Crippen molar-refractivity contribution in [1.82, 2.24) is 0 Å². The molecule has 0 aliphatic carbocycles. The number of carbonyl (C=O) groups excluding carboxylic acids is 1. The van der Waals surface area contributed by atoms with Gasteiger partial charge in [-0.25, -0.2) is 0 Å². The molecule has 3 aromatic carbocycles. The van der Waals surface area contributed by atoms with Gasteiger partial charge in [-0.15, -0.1) is 0 Å². The Morgan fingerprint density at radius 2 is 1.68 bits per heavy atom. The van der Waals surface area contributed by atoms with E-state index in [1.807, 2.05) is 80.6 Å². The van der Waals surface area contributed by atoms with Crippen molar-refractivity contribution in [2.24, 2.45) is 0 Å². The van der Waals surface area contributed by atoms with Gasteiger partial charge in [-0.3, -0.25) is 4.79 Å². The van der Waals surface area contributed by atoms with Gasteiger partial charge in [0.1, 0.15) is 6.61 Å². The van der Waals surface area contributed by atoms with E-state index in [-0.39, 0.29) is 5.78 Å². The normalized spacial score (nSPS) is 10.8. The van der Waals surface area contributed by atoms with Gasteiger partial charge in [-0.1, -0.05) is 54.6 Å². The summed E-state index contributed by atoms with van der Waals surface area (Å²) < 4.78 is 11.3. The van der Waals surface area contributed by atoms with Crippen LogP contribution in [0, 0.1) is 13.8 Å². The molecule has 0 unspecified atom stereocenters. The van der Waals surface area contributed by atoms with Gasteiger partial charge in [0, 0.05) is 5.56 Å². The van der Waals surface area contributed by atoms with Crippen molar-refractivity contribution in [3.63, 3.8) is 0 Å². The number of carbonyl (C=O) groups is 1. The molecule has 0 bridgehead atoms. The van der Waals surface area contributed by atoms with E-state index in [1.54, 1.807) is 19.3 Å². The van der Waals surface area contributed by atoms with E-state index in [4.69, 9.17) is 9.47 Å². The van der Waals surface area contributed by atoms with Gasteiger partial charge in [-0.2, -0.15) is 0 Å². The van der Waals surface area contributed by atoms with Crippen molar-refractivity contribution in [3.05, 3.63) is 101 Å². The molecule has 0 saturated carbocycles. The molecular formula is C25H24O3. The number of methoxy groups -OCH3 is 1. The van der Waals surface area contributed by atoms with Crippen molar-refractivity contribution >= 4 is 11.9 Å². The molecule has 0 atom stereocenters. The van der Waals surface area contributed by atoms with Crippen molar-refractivity contribution in [2.45, 2.75) is 20.5 Å². The number of ether oxygens (including phenoxy) is 2. The van der Waals surface area contributed by atoms with Crippen LogP contribution in [0.4, 0.5) is 0 Å². The average Bonchev–Trinajstić information content (AvgIpc) is 2.73. The molecule has 0 aliphatic rings. The molecule has 3 rings (SSSR count). The van der Waals surface area contributed by atoms with Crippen LogP contribution in [0.2, 0.25) is 0 Å². The Hall–Kier alpha value is -3.33. The number of ketones is 1. The topological polar surface area (TPSA) is 35.5 Å². The van der Waals surface area contributed by atoms with Crippen LogP contribution in [0.1, 0.15) is 32.6 Å². The van der Waals surface area contributed by atoms with Gasteiger partial charge >= 0.3 is 0 Å². The molecule has 0 spiro atoms. The first-order valence-electron chi connectivity index (χ1n) is 9.21. The summed E-state index contributed by atoms with van der Waals surface area (Å²) in [4.78, 5) is 12.4. The molecule has 0 radical (unpaired) electrons. The maximum Gasteiger partial charge on any atom is 0.185 e. The smallest absolute Gasteiger partial charge is 0.185 e. The molecule has 0 aromatic heterocycles. The second-order valence-corrected chi connectivity index (χ2v) is 6.68. The second-order valence-electron chi connectivity index (χ2n) is 6.68. The standard InChI is InChI=1S/C25H24O3/c1-18-9-12-22(15-19(18)2)23(26)13-10-20-11-14-24(25(16-20)27-3)28-17-21-7-5-4-6-8-21/h4-16H,17H2,1-3H3/b13-10+. The van der Waals surface area contributed by atoms with Gasteiger partial charge in [0.25, 0.3) is 0 Å². The molecule has 0 N–H and O–H groups in total. The van der Waals surface area contributed by atoms with Crippen LogP contribution in [0.5, 0.6) is 11.5 Å². The molecule has 3 nitrogen and oxygen atoms in total. The Balaban J connectivity index is 1.71. The zero-order valence-corrected chi connectivity index (χ0v) is 16.4. The average molecular weight is 372 g/mol. The first-order chi connectivity index (χ1) is 13.6. The number of benzene rings is 3. The summed E-state index contributed by atoms with van der Waals surface area (Å²) in [5.74, 6) is 1.28. The number of hydrogen-bond acceptors (Lipinski definition) is 3. The van der Waals surface area contributed by atoms with E-state index in [1.165, 1.54) is 5.56 Å². The Morgan fingerprint density at radius 1 is 0.893 bits per heavy atom. The van der Waals surface area contributed by atoms with Gasteiger partial charge in [0.15, 0.2) is 17.3 Å². The highest BCUT2D eigenvalue weighted by atomic mass is 16.5. The number of rotatable bonds is 7. The number of hydrogen-bond donors (Lipinski definition) is 0. The lowest BCUT2D eigenvalue weighted by molar-refractivity contribution is 0.104. The molecule has 0 heterocycles. The minimum absolute atomic E-state index is 0.0218. The van der Waals surface area contributed by atoms with Crippen LogP contribution in [0.15, 0.2) is 72.8 Å². The second kappa shape index (κ2) is 9.05. The molecule has 3 heteroatoms. The Labute approximate surface area is 166 Å². The highest BCUT2D eigenvalue weighted by molar-refractivity contribution is 6.07. The highest BCUT2D eigenvalue weighted by Crippen LogP contribution is 2.29. The predicted molar refractivity (Wildman–Crippen MR) is 113 cm³/mol. The zero-order valence-electron chi connectivity index (χ0n) is 16.4. The minimum atomic E-state index is -0.0218. The lowest BCUT2D eigenvalue weighted by Gasteiger charge is -2.11. The monoisotopic (exact) mass is 372 g/mol. The number of aryl methyl sites for hydroxylation is 2. The fourth-order valence-corrected chi connectivity index (χ4v) is 2.81. The Kier molecular flexibility index (Phi) is 6.28. The lowest BCUT2D eigenvalue weighted by atomic mass is 10.0. The fourth-order valence-electron chi connectivity index (χ4n) is 2.81. The van der Waals surface area contributed by atoms with Crippen molar-refractivity contribution in [1.29, 1.82) is 0 Å². The first kappa shape index (κ1) is 19.4. The van der Waals surface area contributed by atoms with E-state index < -0.39 is 0 Å². The predicted octanol–water partition coefficient (Wildman–Crippen LogP) is 5.79. The van der Waals surface area contributed by atoms with Crippen LogP contribution in [-0.4, -0.2) is 12.9 Å². The van der Waals surface area contributed by atoms with Crippen LogP contribution in [0.25, 0.3) is 6.08 Å². The maximum absolute atomic E-state index is 12.4. The molecule has 28 heavy (non-hydrogen) atoms. The summed E-state index contributed by atoms with van der Waals surface area (Å²) in [6.07, 6.45) is 3.38. The largest absolute Gasteiger partial charge is 0.493 e. The number of allylic oxidation sites excluding steroid dienone is 1. The van der Waals surface area contributed by atoms with Crippen LogP contribution in [0.3, 0.4) is 0 Å². The van der Waals surface area contributed by atoms with E-state index in [0.717, 1.165) is 16.7 Å². The van der Waals surface area contributed by atoms with E-state index >= 15 is 0 Å². The molecular weight excluding hydrogens is 348 g/mol. The van der Waals surface area contributed by atoms with Crippen LogP contribution in [-0.2, 0) is 6.61 Å². The van der Waals surface area contributed by atoms with E-state index in [2.05, 4.69) is 0 Å². The summed E-state index contributed by atoms with van der Waals surface area (Å²) >= 11 is 0. The Bertz CT molecular complexity index is 988. The van der Waals surface area contributed by atoms with E-state index in [0.29, 0.717) is 23.7 Å². The maximum atomic E-state index is 12.4. The molecule has 0 fully saturated rings. The molecule has 0 aliphatic heterocycles. The SMILES string of the molecule is COc1cc(/C=C/C(=O)c2ccc(C)c(C)c2)ccc1OCc1ccccc1. The molecule has 3 aromatic rings. The van der Waals surface area contributed by atoms with Gasteiger partial charge in [0.05, 0.1) is 7.11 Å². The molecule has 142 valence electrons. The quantitative estimate of drug-likeness (QED) is 0.389. The molecule has 0 saturated heterocycles.